The lowest BCUT2D eigenvalue weighted by Gasteiger charge is -2.13. The van der Waals surface area contributed by atoms with Crippen molar-refractivity contribution < 1.29 is 14.6 Å². The van der Waals surface area contributed by atoms with Crippen LogP contribution in [0.25, 0.3) is 0 Å². The molecule has 3 N–H and O–H groups in total. The second kappa shape index (κ2) is 6.17. The second-order valence-electron chi connectivity index (χ2n) is 4.75. The molecule has 110 valence electrons. The number of aromatic hydroxyl groups is 1. The van der Waals surface area contributed by atoms with Crippen molar-refractivity contribution in [2.24, 2.45) is 0 Å². The fourth-order valence-electron chi connectivity index (χ4n) is 1.96. The van der Waals surface area contributed by atoms with Crippen molar-refractivity contribution >= 4 is 17.4 Å². The number of carbonyl (C=O) groups is 1. The maximum atomic E-state index is 12.0. The Morgan fingerprint density at radius 3 is 2.52 bits per heavy atom. The summed E-state index contributed by atoms with van der Waals surface area (Å²) in [6, 6.07) is 10.2. The number of hydrogen-bond donors (Lipinski definition) is 3. The van der Waals surface area contributed by atoms with Gasteiger partial charge in [-0.1, -0.05) is 18.2 Å². The Bertz CT molecular complexity index is 669. The van der Waals surface area contributed by atoms with Gasteiger partial charge >= 0.3 is 6.03 Å². The first-order valence-electron chi connectivity index (χ1n) is 6.52. The van der Waals surface area contributed by atoms with Crippen molar-refractivity contribution in [2.45, 2.75) is 13.8 Å². The quantitative estimate of drug-likeness (QED) is 0.754. The zero-order valence-electron chi connectivity index (χ0n) is 12.2. The summed E-state index contributed by atoms with van der Waals surface area (Å²) in [4.78, 5) is 12.0. The zero-order chi connectivity index (χ0) is 15.4. The van der Waals surface area contributed by atoms with Crippen LogP contribution in [0.1, 0.15) is 11.1 Å². The number of hydrogen-bond acceptors (Lipinski definition) is 3. The Kier molecular flexibility index (Phi) is 4.33. The Balaban J connectivity index is 2.15. The number of amides is 2. The van der Waals surface area contributed by atoms with Gasteiger partial charge in [0.2, 0.25) is 0 Å². The van der Waals surface area contributed by atoms with Crippen molar-refractivity contribution in [3.63, 3.8) is 0 Å². The number of ether oxygens (including phenoxy) is 1. The minimum atomic E-state index is -0.445. The normalized spacial score (nSPS) is 10.0. The Hall–Kier alpha value is -2.69. The van der Waals surface area contributed by atoms with Gasteiger partial charge < -0.3 is 20.5 Å². The molecule has 0 fully saturated rings. The number of nitrogens with one attached hydrogen (secondary N) is 2. The van der Waals surface area contributed by atoms with Crippen LogP contribution in [-0.2, 0) is 0 Å². The summed E-state index contributed by atoms with van der Waals surface area (Å²) in [6.07, 6.45) is 0. The van der Waals surface area contributed by atoms with Gasteiger partial charge in [0.15, 0.2) is 0 Å². The fourth-order valence-corrected chi connectivity index (χ4v) is 1.96. The van der Waals surface area contributed by atoms with Crippen LogP contribution in [0.15, 0.2) is 36.4 Å². The second-order valence-corrected chi connectivity index (χ2v) is 4.75. The summed E-state index contributed by atoms with van der Waals surface area (Å²) in [5.74, 6) is 0.632. The van der Waals surface area contributed by atoms with E-state index in [-0.39, 0.29) is 5.75 Å². The van der Waals surface area contributed by atoms with E-state index < -0.39 is 6.03 Å². The first-order chi connectivity index (χ1) is 10.0. The average Bonchev–Trinajstić information content (AvgIpc) is 2.44. The van der Waals surface area contributed by atoms with Gasteiger partial charge in [0.05, 0.1) is 18.5 Å². The van der Waals surface area contributed by atoms with Crippen molar-refractivity contribution in [2.75, 3.05) is 17.7 Å². The molecular weight excluding hydrogens is 268 g/mol. The van der Waals surface area contributed by atoms with E-state index in [1.165, 1.54) is 0 Å². The third-order valence-electron chi connectivity index (χ3n) is 3.09. The summed E-state index contributed by atoms with van der Waals surface area (Å²) in [6.45, 7) is 3.69. The minimum Gasteiger partial charge on any atom is -0.505 e. The van der Waals surface area contributed by atoms with Gasteiger partial charge in [-0.3, -0.25) is 0 Å². The highest BCUT2D eigenvalue weighted by atomic mass is 16.5. The molecule has 0 bridgehead atoms. The van der Waals surface area contributed by atoms with Crippen molar-refractivity contribution in [1.82, 2.24) is 0 Å². The molecule has 5 nitrogen and oxygen atoms in total. The molecule has 2 amide bonds. The van der Waals surface area contributed by atoms with Crippen LogP contribution in [0.4, 0.5) is 16.2 Å². The number of anilines is 2. The van der Waals surface area contributed by atoms with Gasteiger partial charge in [0.1, 0.15) is 11.5 Å². The van der Waals surface area contributed by atoms with E-state index in [4.69, 9.17) is 4.74 Å². The molecule has 2 aromatic rings. The molecule has 0 saturated carbocycles. The summed E-state index contributed by atoms with van der Waals surface area (Å²) in [5, 5.41) is 15.2. The van der Waals surface area contributed by atoms with Crippen LogP contribution in [-0.4, -0.2) is 18.2 Å². The van der Waals surface area contributed by atoms with E-state index in [1.807, 2.05) is 19.1 Å². The third-order valence-corrected chi connectivity index (χ3v) is 3.09. The molecule has 0 heterocycles. The lowest BCUT2D eigenvalue weighted by Crippen LogP contribution is -2.20. The molecule has 0 atom stereocenters. The van der Waals surface area contributed by atoms with Crippen LogP contribution < -0.4 is 15.4 Å². The molecule has 21 heavy (non-hydrogen) atoms. The standard InChI is InChI=1S/C16H18N2O3/c1-10-7-8-14(21-3)13(9-10)18-16(20)17-12-6-4-5-11(2)15(12)19/h4-9,19H,1-3H3,(H2,17,18,20). The van der Waals surface area contributed by atoms with Crippen LogP contribution in [0.5, 0.6) is 11.5 Å². The lowest BCUT2D eigenvalue weighted by molar-refractivity contribution is 0.262. The van der Waals surface area contributed by atoms with Gasteiger partial charge in [-0.15, -0.1) is 0 Å². The summed E-state index contributed by atoms with van der Waals surface area (Å²) in [5.41, 5.74) is 2.63. The molecule has 0 aliphatic heterocycles. The van der Waals surface area contributed by atoms with E-state index in [0.29, 0.717) is 22.7 Å². The third kappa shape index (κ3) is 3.45. The van der Waals surface area contributed by atoms with Gasteiger partial charge in [-0.05, 0) is 43.2 Å². The SMILES string of the molecule is COc1ccc(C)cc1NC(=O)Nc1cccc(C)c1O. The maximum absolute atomic E-state index is 12.0. The van der Waals surface area contributed by atoms with E-state index in [1.54, 1.807) is 38.3 Å². The van der Waals surface area contributed by atoms with E-state index in [2.05, 4.69) is 10.6 Å². The predicted octanol–water partition coefficient (Wildman–Crippen LogP) is 3.66. The molecule has 0 aliphatic rings. The van der Waals surface area contributed by atoms with Gasteiger partial charge in [-0.2, -0.15) is 0 Å². The highest BCUT2D eigenvalue weighted by Crippen LogP contribution is 2.28. The highest BCUT2D eigenvalue weighted by Gasteiger charge is 2.10. The molecule has 0 radical (unpaired) electrons. The number of benzene rings is 2. The molecule has 5 heteroatoms. The smallest absolute Gasteiger partial charge is 0.323 e. The van der Waals surface area contributed by atoms with Crippen molar-refractivity contribution in [3.05, 3.63) is 47.5 Å². The molecule has 2 rings (SSSR count). The number of aryl methyl sites for hydroxylation is 2. The molecule has 0 unspecified atom stereocenters. The van der Waals surface area contributed by atoms with Gasteiger partial charge in [-0.25, -0.2) is 4.79 Å². The largest absolute Gasteiger partial charge is 0.505 e. The average molecular weight is 286 g/mol. The fraction of sp³-hybridized carbons (Fsp3) is 0.188. The predicted molar refractivity (Wildman–Crippen MR) is 83.2 cm³/mol. The van der Waals surface area contributed by atoms with Crippen molar-refractivity contribution in [1.29, 1.82) is 0 Å². The summed E-state index contributed by atoms with van der Waals surface area (Å²) < 4.78 is 5.20. The number of para-hydroxylation sites is 1. The minimum absolute atomic E-state index is 0.0591. The summed E-state index contributed by atoms with van der Waals surface area (Å²) in [7, 11) is 1.54. The summed E-state index contributed by atoms with van der Waals surface area (Å²) >= 11 is 0. The van der Waals surface area contributed by atoms with Crippen LogP contribution in [0, 0.1) is 13.8 Å². The van der Waals surface area contributed by atoms with E-state index in [0.717, 1.165) is 5.56 Å². The van der Waals surface area contributed by atoms with Crippen molar-refractivity contribution in [3.8, 4) is 11.5 Å². The Morgan fingerprint density at radius 2 is 1.81 bits per heavy atom. The van der Waals surface area contributed by atoms with E-state index in [9.17, 15) is 9.90 Å². The first kappa shape index (κ1) is 14.7. The number of carbonyl (C=O) groups excluding carboxylic acids is 1. The Labute approximate surface area is 123 Å². The first-order valence-corrected chi connectivity index (χ1v) is 6.52. The molecule has 0 aromatic heterocycles. The van der Waals surface area contributed by atoms with Crippen LogP contribution >= 0.6 is 0 Å². The van der Waals surface area contributed by atoms with Gasteiger partial charge in [0.25, 0.3) is 0 Å². The van der Waals surface area contributed by atoms with Crippen LogP contribution in [0.2, 0.25) is 0 Å². The number of rotatable bonds is 3. The Morgan fingerprint density at radius 1 is 1.10 bits per heavy atom. The molecule has 0 aliphatic carbocycles. The monoisotopic (exact) mass is 286 g/mol. The molecular formula is C16H18N2O3. The van der Waals surface area contributed by atoms with Crippen LogP contribution in [0.3, 0.4) is 0 Å². The highest BCUT2D eigenvalue weighted by molar-refractivity contribution is 6.01. The lowest BCUT2D eigenvalue weighted by atomic mass is 10.2. The van der Waals surface area contributed by atoms with E-state index >= 15 is 0 Å². The number of urea groups is 1. The maximum Gasteiger partial charge on any atom is 0.323 e. The zero-order valence-corrected chi connectivity index (χ0v) is 12.2. The topological polar surface area (TPSA) is 70.6 Å². The van der Waals surface area contributed by atoms with Gasteiger partial charge in [0, 0.05) is 0 Å². The number of phenolic OH excluding ortho intramolecular Hbond substituents is 1. The number of methoxy groups -OCH3 is 1. The molecule has 0 spiro atoms. The molecule has 2 aromatic carbocycles. The number of phenols is 1. The molecule has 0 saturated heterocycles.